The van der Waals surface area contributed by atoms with Crippen LogP contribution in [0.1, 0.15) is 22.7 Å². The summed E-state index contributed by atoms with van der Waals surface area (Å²) in [5.74, 6) is 0.181. The van der Waals surface area contributed by atoms with Gasteiger partial charge in [-0.3, -0.25) is 18.9 Å². The molecule has 13 heteroatoms. The highest BCUT2D eigenvalue weighted by Gasteiger charge is 2.31. The van der Waals surface area contributed by atoms with Gasteiger partial charge in [0, 0.05) is 28.5 Å². The van der Waals surface area contributed by atoms with E-state index in [4.69, 9.17) is 27.6 Å². The Balaban J connectivity index is 1.65. The molecule has 4 aromatic rings. The minimum atomic E-state index is -4.61. The Morgan fingerprint density at radius 3 is 2.41 bits per heavy atom. The lowest BCUT2D eigenvalue weighted by Gasteiger charge is -2.12. The fourth-order valence-electron chi connectivity index (χ4n) is 3.11. The maximum absolute atomic E-state index is 13.0. The normalized spacial score (nSPS) is 11.7. The summed E-state index contributed by atoms with van der Waals surface area (Å²) >= 11 is 11.8. The van der Waals surface area contributed by atoms with Crippen LogP contribution >= 0.6 is 23.2 Å². The molecule has 3 heterocycles. The minimum absolute atomic E-state index is 0.00647. The van der Waals surface area contributed by atoms with Crippen LogP contribution in [0.25, 0.3) is 11.5 Å². The minimum Gasteiger partial charge on any atom is -0.419 e. The molecular formula is C21H14Cl2F3N5O3. The largest absolute Gasteiger partial charge is 0.419 e. The molecule has 0 fully saturated rings. The third-order valence-corrected chi connectivity index (χ3v) is 5.40. The lowest BCUT2D eigenvalue weighted by molar-refractivity contribution is -0.137. The van der Waals surface area contributed by atoms with E-state index in [0.717, 1.165) is 15.2 Å². The molecule has 0 bridgehead atoms. The van der Waals surface area contributed by atoms with Crippen molar-refractivity contribution in [2.45, 2.75) is 26.2 Å². The molecule has 0 atom stereocenters. The SMILES string of the molecule is Cc1cn(Cc2ncc(C(F)(F)F)cc2Cl)c(=O)n(Cc2nnc(-c3ccc(Cl)cc3)o2)c1=O. The number of hydrogen-bond acceptors (Lipinski definition) is 6. The average Bonchev–Trinajstić information content (AvgIpc) is 3.24. The van der Waals surface area contributed by atoms with E-state index in [1.165, 1.54) is 13.1 Å². The van der Waals surface area contributed by atoms with Crippen LogP contribution in [-0.2, 0) is 19.3 Å². The number of rotatable bonds is 5. The zero-order valence-corrected chi connectivity index (χ0v) is 18.8. The first-order valence-corrected chi connectivity index (χ1v) is 10.4. The number of pyridine rings is 1. The second-order valence-electron chi connectivity index (χ2n) is 7.27. The molecule has 34 heavy (non-hydrogen) atoms. The molecule has 3 aromatic heterocycles. The fourth-order valence-corrected chi connectivity index (χ4v) is 3.46. The van der Waals surface area contributed by atoms with Gasteiger partial charge in [0.05, 0.1) is 22.8 Å². The van der Waals surface area contributed by atoms with E-state index in [1.807, 2.05) is 0 Å². The van der Waals surface area contributed by atoms with E-state index in [2.05, 4.69) is 15.2 Å². The summed E-state index contributed by atoms with van der Waals surface area (Å²) in [6.07, 6.45) is -2.69. The molecular weight excluding hydrogens is 498 g/mol. The maximum Gasteiger partial charge on any atom is 0.417 e. The smallest absolute Gasteiger partial charge is 0.417 e. The number of aryl methyl sites for hydroxylation is 1. The van der Waals surface area contributed by atoms with Gasteiger partial charge in [-0.1, -0.05) is 23.2 Å². The van der Waals surface area contributed by atoms with Crippen molar-refractivity contribution in [1.82, 2.24) is 24.3 Å². The Morgan fingerprint density at radius 1 is 1.06 bits per heavy atom. The van der Waals surface area contributed by atoms with Crippen LogP contribution in [0.4, 0.5) is 13.2 Å². The molecule has 8 nitrogen and oxygen atoms in total. The predicted molar refractivity (Wildman–Crippen MR) is 117 cm³/mol. The van der Waals surface area contributed by atoms with Crippen molar-refractivity contribution >= 4 is 23.2 Å². The van der Waals surface area contributed by atoms with Gasteiger partial charge in [-0.25, -0.2) is 4.79 Å². The standard InChI is InChI=1S/C21H14Cl2F3N5O3/c1-11-8-30(9-16-15(23)6-13(7-27-16)21(24,25)26)20(33)31(19(11)32)10-17-28-29-18(34-17)12-2-4-14(22)5-3-12/h2-8H,9-10H2,1H3. The molecule has 0 saturated carbocycles. The van der Waals surface area contributed by atoms with Gasteiger partial charge in [-0.15, -0.1) is 10.2 Å². The van der Waals surface area contributed by atoms with Gasteiger partial charge in [0.25, 0.3) is 5.56 Å². The third-order valence-electron chi connectivity index (χ3n) is 4.82. The molecule has 0 aliphatic rings. The first-order valence-electron chi connectivity index (χ1n) is 9.64. The van der Waals surface area contributed by atoms with E-state index >= 15 is 0 Å². The van der Waals surface area contributed by atoms with Gasteiger partial charge < -0.3 is 4.42 Å². The van der Waals surface area contributed by atoms with Crippen LogP contribution in [0.15, 0.2) is 56.7 Å². The monoisotopic (exact) mass is 511 g/mol. The van der Waals surface area contributed by atoms with Crippen LogP contribution < -0.4 is 11.2 Å². The molecule has 0 N–H and O–H groups in total. The van der Waals surface area contributed by atoms with Crippen molar-refractivity contribution in [2.75, 3.05) is 0 Å². The second kappa shape index (κ2) is 9.07. The number of halogens is 5. The van der Waals surface area contributed by atoms with Crippen LogP contribution in [0.3, 0.4) is 0 Å². The number of hydrogen-bond donors (Lipinski definition) is 0. The first kappa shape index (κ1) is 23.7. The summed E-state index contributed by atoms with van der Waals surface area (Å²) < 4.78 is 46.1. The van der Waals surface area contributed by atoms with Crippen molar-refractivity contribution in [3.63, 3.8) is 0 Å². The average molecular weight is 512 g/mol. The van der Waals surface area contributed by atoms with Crippen LogP contribution in [-0.4, -0.2) is 24.3 Å². The van der Waals surface area contributed by atoms with Gasteiger partial charge in [-0.2, -0.15) is 13.2 Å². The van der Waals surface area contributed by atoms with Crippen molar-refractivity contribution in [3.05, 3.63) is 96.3 Å². The zero-order valence-electron chi connectivity index (χ0n) is 17.3. The molecule has 176 valence electrons. The molecule has 4 rings (SSSR count). The maximum atomic E-state index is 13.0. The lowest BCUT2D eigenvalue weighted by Crippen LogP contribution is -2.41. The summed E-state index contributed by atoms with van der Waals surface area (Å²) in [6.45, 7) is 0.925. The Labute approximate surface area is 199 Å². The molecule has 0 aliphatic carbocycles. The van der Waals surface area contributed by atoms with Gasteiger partial charge >= 0.3 is 11.9 Å². The highest BCUT2D eigenvalue weighted by Crippen LogP contribution is 2.31. The summed E-state index contributed by atoms with van der Waals surface area (Å²) in [7, 11) is 0. The molecule has 0 spiro atoms. The van der Waals surface area contributed by atoms with E-state index in [-0.39, 0.29) is 41.2 Å². The van der Waals surface area contributed by atoms with Gasteiger partial charge in [0.2, 0.25) is 11.8 Å². The van der Waals surface area contributed by atoms with E-state index in [0.29, 0.717) is 16.8 Å². The molecule has 0 saturated heterocycles. The number of benzene rings is 1. The highest BCUT2D eigenvalue weighted by molar-refractivity contribution is 6.31. The number of nitrogens with zero attached hydrogens (tertiary/aromatic N) is 5. The van der Waals surface area contributed by atoms with Crippen molar-refractivity contribution in [1.29, 1.82) is 0 Å². The zero-order chi connectivity index (χ0) is 24.6. The second-order valence-corrected chi connectivity index (χ2v) is 8.12. The Morgan fingerprint density at radius 2 is 1.76 bits per heavy atom. The first-order chi connectivity index (χ1) is 16.0. The molecule has 0 aliphatic heterocycles. The van der Waals surface area contributed by atoms with Crippen LogP contribution in [0.2, 0.25) is 10.0 Å². The molecule has 0 amide bonds. The van der Waals surface area contributed by atoms with Crippen molar-refractivity contribution in [2.24, 2.45) is 0 Å². The van der Waals surface area contributed by atoms with E-state index in [1.54, 1.807) is 24.3 Å². The predicted octanol–water partition coefficient (Wildman–Crippen LogP) is 4.19. The lowest BCUT2D eigenvalue weighted by atomic mass is 10.2. The summed E-state index contributed by atoms with van der Waals surface area (Å²) in [6, 6.07) is 7.36. The number of alkyl halides is 3. The molecule has 0 radical (unpaired) electrons. The van der Waals surface area contributed by atoms with Gasteiger partial charge in [-0.05, 0) is 37.3 Å². The molecule has 0 unspecified atom stereocenters. The third kappa shape index (κ3) is 4.90. The Kier molecular flexibility index (Phi) is 6.32. The van der Waals surface area contributed by atoms with Crippen LogP contribution in [0, 0.1) is 6.92 Å². The van der Waals surface area contributed by atoms with E-state index < -0.39 is 23.0 Å². The topological polar surface area (TPSA) is 95.8 Å². The summed E-state index contributed by atoms with van der Waals surface area (Å²) in [5, 5.41) is 8.07. The number of aromatic nitrogens is 5. The van der Waals surface area contributed by atoms with Crippen LogP contribution in [0.5, 0.6) is 0 Å². The van der Waals surface area contributed by atoms with Crippen molar-refractivity contribution < 1.29 is 17.6 Å². The highest BCUT2D eigenvalue weighted by atomic mass is 35.5. The summed E-state index contributed by atoms with van der Waals surface area (Å²) in [4.78, 5) is 29.3. The Hall–Kier alpha value is -3.44. The van der Waals surface area contributed by atoms with E-state index in [9.17, 15) is 22.8 Å². The quantitative estimate of drug-likeness (QED) is 0.398. The van der Waals surface area contributed by atoms with Crippen molar-refractivity contribution in [3.8, 4) is 11.5 Å². The van der Waals surface area contributed by atoms with Gasteiger partial charge in [0.1, 0.15) is 6.54 Å². The Bertz CT molecular complexity index is 1480. The van der Waals surface area contributed by atoms with Gasteiger partial charge in [0.15, 0.2) is 0 Å². The molecule has 1 aromatic carbocycles. The fraction of sp³-hybridized carbons (Fsp3) is 0.190. The summed E-state index contributed by atoms with van der Waals surface area (Å²) in [5.41, 5.74) is -1.51.